The number of morpholine rings is 1. The molecule has 0 aromatic rings. The van der Waals surface area contributed by atoms with Crippen LogP contribution in [0.3, 0.4) is 0 Å². The number of ether oxygens (including phenoxy) is 1. The van der Waals surface area contributed by atoms with Gasteiger partial charge in [-0.15, -0.1) is 0 Å². The van der Waals surface area contributed by atoms with Crippen LogP contribution in [-0.4, -0.2) is 53.2 Å². The molecule has 7 heteroatoms. The fourth-order valence-electron chi connectivity index (χ4n) is 2.49. The molecular weight excluding hydrogens is 276 g/mol. The van der Waals surface area contributed by atoms with E-state index in [-0.39, 0.29) is 25.0 Å². The molecular formula is C14H24N2O5. The normalized spacial score (nSPS) is 22.8. The van der Waals surface area contributed by atoms with E-state index in [0.717, 1.165) is 0 Å². The number of urea groups is 1. The molecule has 1 saturated heterocycles. The predicted molar refractivity (Wildman–Crippen MR) is 75.8 cm³/mol. The highest BCUT2D eigenvalue weighted by Gasteiger charge is 2.29. The Morgan fingerprint density at radius 1 is 1.19 bits per heavy atom. The second-order valence-corrected chi connectivity index (χ2v) is 6.43. The molecule has 120 valence electrons. The minimum atomic E-state index is -0.963. The number of imide groups is 1. The van der Waals surface area contributed by atoms with Crippen LogP contribution in [0.2, 0.25) is 0 Å². The lowest BCUT2D eigenvalue weighted by Gasteiger charge is -2.35. The molecule has 1 heterocycles. The second-order valence-electron chi connectivity index (χ2n) is 6.43. The third-order valence-corrected chi connectivity index (χ3v) is 3.22. The minimum absolute atomic E-state index is 0.0134. The Labute approximate surface area is 124 Å². The van der Waals surface area contributed by atoms with Crippen LogP contribution >= 0.6 is 0 Å². The van der Waals surface area contributed by atoms with Crippen molar-refractivity contribution in [1.29, 1.82) is 0 Å². The van der Waals surface area contributed by atoms with E-state index >= 15 is 0 Å². The van der Waals surface area contributed by atoms with E-state index in [4.69, 9.17) is 9.84 Å². The first kappa shape index (κ1) is 17.4. The van der Waals surface area contributed by atoms with Crippen molar-refractivity contribution in [3.05, 3.63) is 0 Å². The van der Waals surface area contributed by atoms with Gasteiger partial charge < -0.3 is 14.7 Å². The van der Waals surface area contributed by atoms with Crippen LogP contribution in [-0.2, 0) is 14.3 Å². The Morgan fingerprint density at radius 2 is 1.71 bits per heavy atom. The number of nitrogens with one attached hydrogen (secondary N) is 1. The number of nitrogens with zero attached hydrogens (tertiary/aromatic N) is 1. The molecule has 1 rings (SSSR count). The highest BCUT2D eigenvalue weighted by atomic mass is 16.5. The highest BCUT2D eigenvalue weighted by molar-refractivity contribution is 5.94. The largest absolute Gasteiger partial charge is 0.481 e. The summed E-state index contributed by atoms with van der Waals surface area (Å²) in [5.41, 5.74) is -0.693. The van der Waals surface area contributed by atoms with Gasteiger partial charge in [0.05, 0.1) is 18.6 Å². The van der Waals surface area contributed by atoms with Gasteiger partial charge in [-0.1, -0.05) is 13.8 Å². The van der Waals surface area contributed by atoms with Crippen molar-refractivity contribution in [2.45, 2.75) is 52.7 Å². The molecule has 1 aliphatic heterocycles. The first-order chi connectivity index (χ1) is 9.59. The van der Waals surface area contributed by atoms with Gasteiger partial charge >= 0.3 is 12.0 Å². The van der Waals surface area contributed by atoms with Crippen molar-refractivity contribution in [2.24, 2.45) is 5.41 Å². The summed E-state index contributed by atoms with van der Waals surface area (Å²) in [6, 6.07) is -0.451. The van der Waals surface area contributed by atoms with Crippen molar-refractivity contribution in [1.82, 2.24) is 10.2 Å². The predicted octanol–water partition coefficient (Wildman–Crippen LogP) is 1.22. The van der Waals surface area contributed by atoms with E-state index < -0.39 is 23.3 Å². The van der Waals surface area contributed by atoms with E-state index in [9.17, 15) is 14.4 Å². The fraction of sp³-hybridized carbons (Fsp3) is 0.786. The van der Waals surface area contributed by atoms with E-state index in [2.05, 4.69) is 5.32 Å². The average molecular weight is 300 g/mol. The first-order valence-electron chi connectivity index (χ1n) is 7.05. The quantitative estimate of drug-likeness (QED) is 0.814. The molecule has 2 atom stereocenters. The second kappa shape index (κ2) is 6.89. The zero-order valence-electron chi connectivity index (χ0n) is 13.0. The summed E-state index contributed by atoms with van der Waals surface area (Å²) in [7, 11) is 0. The first-order valence-corrected chi connectivity index (χ1v) is 7.05. The Bertz CT molecular complexity index is 412. The van der Waals surface area contributed by atoms with Gasteiger partial charge in [-0.25, -0.2) is 4.79 Å². The Hall–Kier alpha value is -1.63. The summed E-state index contributed by atoms with van der Waals surface area (Å²) in [4.78, 5) is 36.2. The molecule has 0 aromatic heterocycles. The number of rotatable bonds is 4. The van der Waals surface area contributed by atoms with Gasteiger partial charge in [0.25, 0.3) is 0 Å². The van der Waals surface area contributed by atoms with Gasteiger partial charge in [-0.2, -0.15) is 0 Å². The maximum atomic E-state index is 12.0. The van der Waals surface area contributed by atoms with Gasteiger partial charge in [-0.3, -0.25) is 14.9 Å². The van der Waals surface area contributed by atoms with Crippen LogP contribution in [0.25, 0.3) is 0 Å². The van der Waals surface area contributed by atoms with Gasteiger partial charge in [0.2, 0.25) is 5.91 Å². The Kier molecular flexibility index (Phi) is 5.71. The van der Waals surface area contributed by atoms with Gasteiger partial charge in [0, 0.05) is 19.5 Å². The monoisotopic (exact) mass is 300 g/mol. The molecule has 0 aliphatic carbocycles. The van der Waals surface area contributed by atoms with Crippen LogP contribution in [0.15, 0.2) is 0 Å². The van der Waals surface area contributed by atoms with Crippen LogP contribution in [0.1, 0.15) is 40.5 Å². The molecule has 2 N–H and O–H groups in total. The molecule has 1 aliphatic rings. The topological polar surface area (TPSA) is 95.9 Å². The van der Waals surface area contributed by atoms with Crippen molar-refractivity contribution < 1.29 is 24.2 Å². The smallest absolute Gasteiger partial charge is 0.324 e. The molecule has 0 aromatic carbocycles. The van der Waals surface area contributed by atoms with Crippen LogP contribution < -0.4 is 5.32 Å². The highest BCUT2D eigenvalue weighted by Crippen LogP contribution is 2.24. The number of carbonyl (C=O) groups excluding carboxylic acids is 2. The van der Waals surface area contributed by atoms with Crippen molar-refractivity contribution >= 4 is 17.9 Å². The molecule has 0 radical (unpaired) electrons. The van der Waals surface area contributed by atoms with Gasteiger partial charge in [-0.05, 0) is 19.3 Å². The number of aliphatic carboxylic acids is 1. The lowest BCUT2D eigenvalue weighted by atomic mass is 9.85. The van der Waals surface area contributed by atoms with Crippen molar-refractivity contribution in [3.8, 4) is 0 Å². The zero-order chi connectivity index (χ0) is 16.2. The van der Waals surface area contributed by atoms with E-state index in [1.807, 2.05) is 13.8 Å². The maximum absolute atomic E-state index is 12.0. The molecule has 7 nitrogen and oxygen atoms in total. The summed E-state index contributed by atoms with van der Waals surface area (Å²) in [6.07, 6.45) is -0.281. The van der Waals surface area contributed by atoms with E-state index in [1.165, 1.54) is 0 Å². The molecule has 0 spiro atoms. The van der Waals surface area contributed by atoms with Crippen molar-refractivity contribution in [3.63, 3.8) is 0 Å². The third kappa shape index (κ3) is 6.12. The van der Waals surface area contributed by atoms with Gasteiger partial charge in [0.15, 0.2) is 0 Å². The standard InChI is InChI=1S/C14H24N2O5/c1-9-7-16(8-10(2)21-9)13(20)15-11(17)5-14(3,4)6-12(18)19/h9-10H,5-8H2,1-4H3,(H,18,19)(H,15,17,20)/t9-,10+. The zero-order valence-corrected chi connectivity index (χ0v) is 13.0. The van der Waals surface area contributed by atoms with Gasteiger partial charge in [0.1, 0.15) is 0 Å². The number of amides is 3. The lowest BCUT2D eigenvalue weighted by molar-refractivity contribution is -0.139. The molecule has 3 amide bonds. The van der Waals surface area contributed by atoms with Crippen molar-refractivity contribution in [2.75, 3.05) is 13.1 Å². The molecule has 1 fully saturated rings. The Morgan fingerprint density at radius 3 is 2.19 bits per heavy atom. The number of carbonyl (C=O) groups is 3. The number of carboxylic acids is 1. The van der Waals surface area contributed by atoms with E-state index in [0.29, 0.717) is 13.1 Å². The van der Waals surface area contributed by atoms with Crippen LogP contribution in [0.4, 0.5) is 4.79 Å². The number of hydrogen-bond acceptors (Lipinski definition) is 4. The van der Waals surface area contributed by atoms with Crippen LogP contribution in [0.5, 0.6) is 0 Å². The summed E-state index contributed by atoms with van der Waals surface area (Å²) in [6.45, 7) is 7.97. The fourth-order valence-corrected chi connectivity index (χ4v) is 2.49. The lowest BCUT2D eigenvalue weighted by Crippen LogP contribution is -2.53. The summed E-state index contributed by atoms with van der Waals surface area (Å²) < 4.78 is 5.52. The SMILES string of the molecule is C[C@@H]1CN(C(=O)NC(=O)CC(C)(C)CC(=O)O)C[C@H](C)O1. The summed E-state index contributed by atoms with van der Waals surface area (Å²) >= 11 is 0. The molecule has 0 saturated carbocycles. The summed E-state index contributed by atoms with van der Waals surface area (Å²) in [5.74, 6) is -1.42. The minimum Gasteiger partial charge on any atom is -0.481 e. The number of carboxylic acid groups (broad SMARTS) is 1. The molecule has 0 bridgehead atoms. The maximum Gasteiger partial charge on any atom is 0.324 e. The van der Waals surface area contributed by atoms with Crippen LogP contribution in [0, 0.1) is 5.41 Å². The average Bonchev–Trinajstić information content (AvgIpc) is 2.23. The molecule has 0 unspecified atom stereocenters. The summed E-state index contributed by atoms with van der Waals surface area (Å²) in [5, 5.41) is 11.1. The van der Waals surface area contributed by atoms with E-state index in [1.54, 1.807) is 18.7 Å². The number of hydrogen-bond donors (Lipinski definition) is 2. The Balaban J connectivity index is 2.50. The third-order valence-electron chi connectivity index (χ3n) is 3.22. The molecule has 21 heavy (non-hydrogen) atoms.